The van der Waals surface area contributed by atoms with Gasteiger partial charge in [-0.05, 0) is 40.3 Å². The third kappa shape index (κ3) is 2.14. The molecule has 0 spiro atoms. The first kappa shape index (κ1) is 12.0. The third-order valence-corrected chi connectivity index (χ3v) is 3.28. The van der Waals surface area contributed by atoms with E-state index >= 15 is 0 Å². The van der Waals surface area contributed by atoms with E-state index in [0.717, 1.165) is 4.90 Å². The molecular weight excluding hydrogens is 341 g/mol. The molecule has 1 aliphatic heterocycles. The number of esters is 1. The largest absolute Gasteiger partial charge is 0.507 e. The average molecular weight is 349 g/mol. The second-order valence-corrected chi connectivity index (χ2v) is 4.62. The first-order valence-electron chi connectivity index (χ1n) is 4.65. The van der Waals surface area contributed by atoms with Crippen LogP contribution in [-0.4, -0.2) is 33.9 Å². The molecule has 1 aromatic carbocycles. The Kier molecular flexibility index (Phi) is 3.09. The fourth-order valence-corrected chi connectivity index (χ4v) is 2.13. The quantitative estimate of drug-likeness (QED) is 0.593. The van der Waals surface area contributed by atoms with E-state index in [2.05, 4.69) is 0 Å². The first-order chi connectivity index (χ1) is 8.00. The zero-order valence-electron chi connectivity index (χ0n) is 8.46. The Balaban J connectivity index is 2.39. The number of carbonyl (C=O) groups excluding carboxylic acids is 1. The summed E-state index contributed by atoms with van der Waals surface area (Å²) in [6, 6.07) is 3.53. The van der Waals surface area contributed by atoms with Crippen LogP contribution in [-0.2, 0) is 9.53 Å². The molecular formula is C10H8INO5. The Bertz CT molecular complexity index is 490. The number of phenols is 1. The van der Waals surface area contributed by atoms with Gasteiger partial charge in [0.05, 0.1) is 3.57 Å². The van der Waals surface area contributed by atoms with Gasteiger partial charge in [0.2, 0.25) is 0 Å². The molecule has 0 aliphatic carbocycles. The number of halogens is 1. The van der Waals surface area contributed by atoms with E-state index in [1.165, 1.54) is 12.1 Å². The predicted octanol–water partition coefficient (Wildman–Crippen LogP) is 1.53. The van der Waals surface area contributed by atoms with Crippen LogP contribution >= 0.6 is 22.6 Å². The van der Waals surface area contributed by atoms with Crippen LogP contribution in [0.25, 0.3) is 0 Å². The topological polar surface area (TPSA) is 87.1 Å². The molecule has 1 saturated heterocycles. The molecule has 1 aromatic rings. The van der Waals surface area contributed by atoms with Crippen molar-refractivity contribution in [2.24, 2.45) is 0 Å². The summed E-state index contributed by atoms with van der Waals surface area (Å²) in [5.74, 6) is -0.517. The lowest BCUT2D eigenvalue weighted by Crippen LogP contribution is -2.30. The standard InChI is InChI=1S/C10H8INO5/c11-6-3-5(1-2-7(6)13)8-9(14)17-4-12(8)10(15)16/h1-3,8,13H,4H2,(H,15,16). The highest BCUT2D eigenvalue weighted by Gasteiger charge is 2.39. The zero-order chi connectivity index (χ0) is 12.6. The number of carbonyl (C=O) groups is 2. The summed E-state index contributed by atoms with van der Waals surface area (Å²) in [5.41, 5.74) is 0.483. The molecule has 1 fully saturated rings. The first-order valence-corrected chi connectivity index (χ1v) is 5.73. The van der Waals surface area contributed by atoms with Crippen molar-refractivity contribution in [2.75, 3.05) is 6.73 Å². The Morgan fingerprint density at radius 3 is 2.82 bits per heavy atom. The predicted molar refractivity (Wildman–Crippen MR) is 64.4 cm³/mol. The minimum atomic E-state index is -1.22. The molecule has 7 heteroatoms. The Hall–Kier alpha value is -1.51. The van der Waals surface area contributed by atoms with Gasteiger partial charge in [0.15, 0.2) is 12.8 Å². The highest BCUT2D eigenvalue weighted by molar-refractivity contribution is 14.1. The van der Waals surface area contributed by atoms with Gasteiger partial charge in [-0.2, -0.15) is 0 Å². The molecule has 1 aliphatic rings. The maximum atomic E-state index is 11.5. The molecule has 0 saturated carbocycles. The lowest BCUT2D eigenvalue weighted by molar-refractivity contribution is -0.139. The zero-order valence-corrected chi connectivity index (χ0v) is 10.6. The van der Waals surface area contributed by atoms with Crippen LogP contribution in [0.15, 0.2) is 18.2 Å². The number of rotatable bonds is 1. The van der Waals surface area contributed by atoms with E-state index in [4.69, 9.17) is 9.84 Å². The van der Waals surface area contributed by atoms with E-state index < -0.39 is 18.1 Å². The van der Waals surface area contributed by atoms with Crippen LogP contribution in [0.5, 0.6) is 5.75 Å². The van der Waals surface area contributed by atoms with Crippen LogP contribution in [0, 0.1) is 3.57 Å². The van der Waals surface area contributed by atoms with Gasteiger partial charge in [0.25, 0.3) is 0 Å². The van der Waals surface area contributed by atoms with Gasteiger partial charge in [-0.25, -0.2) is 9.59 Å². The van der Waals surface area contributed by atoms with Gasteiger partial charge in [-0.3, -0.25) is 4.90 Å². The van der Waals surface area contributed by atoms with Gasteiger partial charge < -0.3 is 14.9 Å². The number of phenolic OH excluding ortho intramolecular Hbond substituents is 1. The molecule has 0 aromatic heterocycles. The minimum absolute atomic E-state index is 0.0857. The maximum absolute atomic E-state index is 11.5. The number of hydrogen-bond donors (Lipinski definition) is 2. The van der Waals surface area contributed by atoms with Crippen molar-refractivity contribution in [3.8, 4) is 5.75 Å². The number of benzene rings is 1. The molecule has 1 heterocycles. The molecule has 1 atom stereocenters. The summed E-state index contributed by atoms with van der Waals surface area (Å²) < 4.78 is 5.25. The van der Waals surface area contributed by atoms with Crippen molar-refractivity contribution in [2.45, 2.75) is 6.04 Å². The number of aromatic hydroxyl groups is 1. The van der Waals surface area contributed by atoms with Crippen LogP contribution in [0.4, 0.5) is 4.79 Å². The SMILES string of the molecule is O=C1OCN(C(=O)O)C1c1ccc(O)c(I)c1. The molecule has 0 bridgehead atoms. The lowest BCUT2D eigenvalue weighted by atomic mass is 10.1. The third-order valence-electron chi connectivity index (χ3n) is 2.41. The molecule has 1 unspecified atom stereocenters. The summed E-state index contributed by atoms with van der Waals surface area (Å²) in [6.07, 6.45) is -1.22. The molecule has 90 valence electrons. The summed E-state index contributed by atoms with van der Waals surface area (Å²) >= 11 is 1.90. The van der Waals surface area contributed by atoms with Gasteiger partial charge in [-0.15, -0.1) is 0 Å². The van der Waals surface area contributed by atoms with Crippen LogP contribution in [0.3, 0.4) is 0 Å². The highest BCUT2D eigenvalue weighted by atomic mass is 127. The minimum Gasteiger partial charge on any atom is -0.507 e. The second kappa shape index (κ2) is 4.40. The maximum Gasteiger partial charge on any atom is 0.411 e. The van der Waals surface area contributed by atoms with Crippen LogP contribution in [0.1, 0.15) is 11.6 Å². The lowest BCUT2D eigenvalue weighted by Gasteiger charge is -2.17. The number of hydrogen-bond acceptors (Lipinski definition) is 4. The van der Waals surface area contributed by atoms with E-state index in [-0.39, 0.29) is 12.5 Å². The molecule has 17 heavy (non-hydrogen) atoms. The normalized spacial score (nSPS) is 19.2. The molecule has 2 rings (SSSR count). The monoisotopic (exact) mass is 349 g/mol. The van der Waals surface area contributed by atoms with Gasteiger partial charge in [0.1, 0.15) is 5.75 Å². The average Bonchev–Trinajstić information content (AvgIpc) is 2.64. The number of nitrogens with zero attached hydrogens (tertiary/aromatic N) is 1. The van der Waals surface area contributed by atoms with Crippen LogP contribution < -0.4 is 0 Å². The van der Waals surface area contributed by atoms with E-state index in [1.807, 2.05) is 22.6 Å². The van der Waals surface area contributed by atoms with Gasteiger partial charge >= 0.3 is 12.1 Å². The number of carboxylic acid groups (broad SMARTS) is 1. The smallest absolute Gasteiger partial charge is 0.411 e. The Morgan fingerprint density at radius 1 is 1.53 bits per heavy atom. The van der Waals surface area contributed by atoms with Crippen molar-refractivity contribution in [1.29, 1.82) is 0 Å². The highest BCUT2D eigenvalue weighted by Crippen LogP contribution is 2.31. The van der Waals surface area contributed by atoms with Crippen molar-refractivity contribution < 1.29 is 24.5 Å². The Morgan fingerprint density at radius 2 is 2.24 bits per heavy atom. The summed E-state index contributed by atoms with van der Waals surface area (Å²) in [5, 5.41) is 18.3. The van der Waals surface area contributed by atoms with Crippen molar-refractivity contribution >= 4 is 34.7 Å². The second-order valence-electron chi connectivity index (χ2n) is 3.46. The fourth-order valence-electron chi connectivity index (χ4n) is 1.59. The van der Waals surface area contributed by atoms with Crippen LogP contribution in [0.2, 0.25) is 0 Å². The number of cyclic esters (lactones) is 1. The van der Waals surface area contributed by atoms with Gasteiger partial charge in [-0.1, -0.05) is 6.07 Å². The van der Waals surface area contributed by atoms with E-state index in [1.54, 1.807) is 6.07 Å². The molecule has 6 nitrogen and oxygen atoms in total. The van der Waals surface area contributed by atoms with Crippen molar-refractivity contribution in [1.82, 2.24) is 4.90 Å². The van der Waals surface area contributed by atoms with Gasteiger partial charge in [0, 0.05) is 0 Å². The summed E-state index contributed by atoms with van der Waals surface area (Å²) in [6.45, 7) is -0.268. The van der Waals surface area contributed by atoms with E-state index in [0.29, 0.717) is 9.13 Å². The van der Waals surface area contributed by atoms with Crippen molar-refractivity contribution in [3.63, 3.8) is 0 Å². The van der Waals surface area contributed by atoms with E-state index in [9.17, 15) is 14.7 Å². The molecule has 0 radical (unpaired) electrons. The molecule has 2 N–H and O–H groups in total. The fraction of sp³-hybridized carbons (Fsp3) is 0.200. The van der Waals surface area contributed by atoms with Crippen molar-refractivity contribution in [3.05, 3.63) is 27.3 Å². The Labute approximate surface area is 110 Å². The number of amides is 1. The summed E-state index contributed by atoms with van der Waals surface area (Å²) in [4.78, 5) is 23.3. The number of ether oxygens (including phenoxy) is 1. The summed E-state index contributed by atoms with van der Waals surface area (Å²) in [7, 11) is 0. The molecule has 1 amide bonds.